The van der Waals surface area contributed by atoms with Gasteiger partial charge in [0.05, 0.1) is 7.11 Å². The molecule has 0 spiro atoms. The predicted octanol–water partition coefficient (Wildman–Crippen LogP) is 2.16. The van der Waals surface area contributed by atoms with Crippen LogP contribution in [0.1, 0.15) is 11.1 Å². The van der Waals surface area contributed by atoms with Crippen molar-refractivity contribution in [2.75, 3.05) is 7.11 Å². The number of carbonyl (C=O) groups is 2. The Morgan fingerprint density at radius 3 is 1.88 bits per heavy atom. The second kappa shape index (κ2) is 7.27. The summed E-state index contributed by atoms with van der Waals surface area (Å²) in [5.41, 5.74) is 2.05. The smallest absolute Gasteiger partial charge is 0.338 e. The van der Waals surface area contributed by atoms with Crippen molar-refractivity contribution < 1.29 is 19.1 Å². The Balaban J connectivity index is 1.74. The minimum absolute atomic E-state index is 0.196. The first kappa shape index (κ1) is 16.2. The molecule has 0 saturated carbocycles. The topological polar surface area (TPSA) is 59.1 Å². The Hall–Kier alpha value is -2.66. The molecule has 0 bridgehead atoms. The summed E-state index contributed by atoms with van der Waals surface area (Å²) in [5, 5.41) is 0. The molecular formula is C19H19NO4. The summed E-state index contributed by atoms with van der Waals surface area (Å²) in [6.45, 7) is 0.921. The average molecular weight is 325 g/mol. The Labute approximate surface area is 140 Å². The van der Waals surface area contributed by atoms with Gasteiger partial charge in [-0.2, -0.15) is 0 Å². The predicted molar refractivity (Wildman–Crippen MR) is 87.8 cm³/mol. The van der Waals surface area contributed by atoms with Crippen LogP contribution in [0.2, 0.25) is 0 Å². The number of amides is 1. The summed E-state index contributed by atoms with van der Waals surface area (Å²) in [6.07, 6.45) is -1.53. The molecule has 0 aliphatic carbocycles. The van der Waals surface area contributed by atoms with Crippen LogP contribution in [0.3, 0.4) is 0 Å². The highest BCUT2D eigenvalue weighted by Crippen LogP contribution is 2.27. The highest BCUT2D eigenvalue weighted by atomic mass is 16.6. The first-order valence-corrected chi connectivity index (χ1v) is 7.79. The van der Waals surface area contributed by atoms with Crippen LogP contribution in [0.25, 0.3) is 0 Å². The number of hydrogen-bond donors (Lipinski definition) is 0. The number of methoxy groups -OCH3 is 1. The van der Waals surface area contributed by atoms with Gasteiger partial charge in [-0.3, -0.25) is 4.79 Å². The third kappa shape index (κ3) is 3.81. The summed E-state index contributed by atoms with van der Waals surface area (Å²) in [4.78, 5) is 26.0. The third-order valence-electron chi connectivity index (χ3n) is 3.91. The molecule has 1 heterocycles. The van der Waals surface area contributed by atoms with E-state index in [-0.39, 0.29) is 5.91 Å². The van der Waals surface area contributed by atoms with E-state index in [0.717, 1.165) is 11.1 Å². The molecule has 5 nitrogen and oxygen atoms in total. The number of epoxide rings is 1. The first-order chi connectivity index (χ1) is 11.7. The molecule has 0 N–H and O–H groups in total. The summed E-state index contributed by atoms with van der Waals surface area (Å²) in [7, 11) is 1.29. The standard InChI is InChI=1S/C19H19NO4/c1-23-19(22)17-16(24-17)18(21)20(12-14-8-4-2-5-9-14)13-15-10-6-3-7-11-15/h2-11,16-17H,12-13H2,1H3. The van der Waals surface area contributed by atoms with Crippen molar-refractivity contribution in [3.8, 4) is 0 Å². The van der Waals surface area contributed by atoms with E-state index >= 15 is 0 Å². The molecule has 2 aromatic carbocycles. The fraction of sp³-hybridized carbons (Fsp3) is 0.263. The van der Waals surface area contributed by atoms with E-state index in [0.29, 0.717) is 13.1 Å². The number of rotatable bonds is 6. The van der Waals surface area contributed by atoms with Gasteiger partial charge in [0.15, 0.2) is 12.2 Å². The molecule has 24 heavy (non-hydrogen) atoms. The van der Waals surface area contributed by atoms with Gasteiger partial charge < -0.3 is 14.4 Å². The minimum atomic E-state index is -0.781. The number of nitrogens with zero attached hydrogens (tertiary/aromatic N) is 1. The van der Waals surface area contributed by atoms with Crippen LogP contribution in [-0.4, -0.2) is 36.1 Å². The lowest BCUT2D eigenvalue weighted by atomic mass is 10.1. The fourth-order valence-electron chi connectivity index (χ4n) is 2.59. The second-order valence-electron chi connectivity index (χ2n) is 5.67. The normalized spacial score (nSPS) is 18.7. The first-order valence-electron chi connectivity index (χ1n) is 7.79. The van der Waals surface area contributed by atoms with Crippen molar-refractivity contribution in [3.05, 3.63) is 71.8 Å². The molecule has 1 aliphatic heterocycles. The monoisotopic (exact) mass is 325 g/mol. The van der Waals surface area contributed by atoms with Gasteiger partial charge in [0.1, 0.15) is 0 Å². The molecule has 1 saturated heterocycles. The van der Waals surface area contributed by atoms with Gasteiger partial charge in [0, 0.05) is 13.1 Å². The van der Waals surface area contributed by atoms with E-state index in [1.165, 1.54) is 7.11 Å². The van der Waals surface area contributed by atoms with E-state index < -0.39 is 18.2 Å². The van der Waals surface area contributed by atoms with Gasteiger partial charge in [-0.05, 0) is 11.1 Å². The lowest BCUT2D eigenvalue weighted by Crippen LogP contribution is -2.35. The molecule has 124 valence electrons. The zero-order valence-electron chi connectivity index (χ0n) is 13.4. The zero-order valence-corrected chi connectivity index (χ0v) is 13.4. The summed E-state index contributed by atoms with van der Waals surface area (Å²) in [6, 6.07) is 19.5. The molecule has 1 fully saturated rings. The maximum atomic E-state index is 12.7. The van der Waals surface area contributed by atoms with Crippen molar-refractivity contribution in [3.63, 3.8) is 0 Å². The van der Waals surface area contributed by atoms with Crippen LogP contribution in [0.4, 0.5) is 0 Å². The van der Waals surface area contributed by atoms with Crippen molar-refractivity contribution in [1.29, 1.82) is 0 Å². The Morgan fingerprint density at radius 2 is 1.42 bits per heavy atom. The number of hydrogen-bond acceptors (Lipinski definition) is 4. The number of esters is 1. The van der Waals surface area contributed by atoms with Crippen LogP contribution < -0.4 is 0 Å². The molecule has 5 heteroatoms. The van der Waals surface area contributed by atoms with Crippen LogP contribution in [0.5, 0.6) is 0 Å². The summed E-state index contributed by atoms with van der Waals surface area (Å²) in [5.74, 6) is -0.703. The van der Waals surface area contributed by atoms with Gasteiger partial charge in [-0.1, -0.05) is 60.7 Å². The molecule has 1 amide bonds. The molecule has 0 radical (unpaired) electrons. The average Bonchev–Trinajstić information content (AvgIpc) is 3.42. The van der Waals surface area contributed by atoms with Crippen molar-refractivity contribution in [2.45, 2.75) is 25.3 Å². The molecule has 0 aromatic heterocycles. The second-order valence-corrected chi connectivity index (χ2v) is 5.67. The zero-order chi connectivity index (χ0) is 16.9. The number of benzene rings is 2. The van der Waals surface area contributed by atoms with Crippen molar-refractivity contribution in [1.82, 2.24) is 4.90 Å². The van der Waals surface area contributed by atoms with Crippen LogP contribution >= 0.6 is 0 Å². The van der Waals surface area contributed by atoms with Gasteiger partial charge in [-0.25, -0.2) is 4.79 Å². The summed E-state index contributed by atoms with van der Waals surface area (Å²) >= 11 is 0. The fourth-order valence-corrected chi connectivity index (χ4v) is 2.59. The van der Waals surface area contributed by atoms with Crippen molar-refractivity contribution >= 4 is 11.9 Å². The SMILES string of the molecule is COC(=O)C1OC1C(=O)N(Cc1ccccc1)Cc1ccccc1. The van der Waals surface area contributed by atoms with E-state index in [4.69, 9.17) is 4.74 Å². The van der Waals surface area contributed by atoms with Crippen LogP contribution in [0.15, 0.2) is 60.7 Å². The molecular weight excluding hydrogens is 306 g/mol. The number of carbonyl (C=O) groups excluding carboxylic acids is 2. The van der Waals surface area contributed by atoms with E-state index in [1.54, 1.807) is 4.90 Å². The highest BCUT2D eigenvalue weighted by molar-refractivity contribution is 5.92. The Morgan fingerprint density at radius 1 is 0.917 bits per heavy atom. The lowest BCUT2D eigenvalue weighted by molar-refractivity contribution is -0.142. The van der Waals surface area contributed by atoms with Gasteiger partial charge in [0.2, 0.25) is 0 Å². The van der Waals surface area contributed by atoms with Crippen LogP contribution in [0, 0.1) is 0 Å². The Bertz CT molecular complexity index is 660. The lowest BCUT2D eigenvalue weighted by Gasteiger charge is -2.22. The molecule has 2 aromatic rings. The quantitative estimate of drug-likeness (QED) is 0.603. The minimum Gasteiger partial charge on any atom is -0.467 e. The number of ether oxygens (including phenoxy) is 2. The van der Waals surface area contributed by atoms with Gasteiger partial charge >= 0.3 is 5.97 Å². The van der Waals surface area contributed by atoms with E-state index in [9.17, 15) is 9.59 Å². The molecule has 2 atom stereocenters. The van der Waals surface area contributed by atoms with E-state index in [2.05, 4.69) is 4.74 Å². The molecule has 1 aliphatic rings. The van der Waals surface area contributed by atoms with Crippen LogP contribution in [-0.2, 0) is 32.2 Å². The largest absolute Gasteiger partial charge is 0.467 e. The maximum Gasteiger partial charge on any atom is 0.338 e. The van der Waals surface area contributed by atoms with Gasteiger partial charge in [0.25, 0.3) is 5.91 Å². The Kier molecular flexibility index (Phi) is 4.91. The van der Waals surface area contributed by atoms with Gasteiger partial charge in [-0.15, -0.1) is 0 Å². The highest BCUT2D eigenvalue weighted by Gasteiger charge is 2.52. The third-order valence-corrected chi connectivity index (χ3v) is 3.91. The van der Waals surface area contributed by atoms with E-state index in [1.807, 2.05) is 60.7 Å². The maximum absolute atomic E-state index is 12.7. The molecule has 2 unspecified atom stereocenters. The van der Waals surface area contributed by atoms with Crippen molar-refractivity contribution in [2.24, 2.45) is 0 Å². The molecule has 3 rings (SSSR count). The summed E-state index contributed by atoms with van der Waals surface area (Å²) < 4.78 is 9.86.